The topological polar surface area (TPSA) is 84.7 Å². The highest BCUT2D eigenvalue weighted by atomic mass is 16.5. The van der Waals surface area contributed by atoms with E-state index in [4.69, 9.17) is 10.5 Å². The first-order valence-electron chi connectivity index (χ1n) is 10.1. The fourth-order valence-corrected chi connectivity index (χ4v) is 4.24. The van der Waals surface area contributed by atoms with Gasteiger partial charge >= 0.3 is 0 Å². The molecule has 0 aromatic heterocycles. The second-order valence-electron chi connectivity index (χ2n) is 7.57. The summed E-state index contributed by atoms with van der Waals surface area (Å²) < 4.78 is 5.42. The Bertz CT molecular complexity index is 639. The van der Waals surface area contributed by atoms with Gasteiger partial charge in [0, 0.05) is 30.6 Å². The zero-order valence-electron chi connectivity index (χ0n) is 16.2. The molecule has 2 atom stereocenters. The quantitative estimate of drug-likeness (QED) is 0.800. The van der Waals surface area contributed by atoms with E-state index in [1.807, 2.05) is 36.1 Å². The number of carbonyl (C=O) groups excluding carboxylic acids is 2. The Kier molecular flexibility index (Phi) is 6.72. The van der Waals surface area contributed by atoms with E-state index in [1.165, 1.54) is 0 Å². The number of nitrogens with two attached hydrogens (primary N) is 1. The zero-order valence-corrected chi connectivity index (χ0v) is 16.2. The molecular weight excluding hydrogens is 342 g/mol. The number of carbonyl (C=O) groups is 2. The molecule has 3 rings (SSSR count). The number of rotatable bonds is 6. The summed E-state index contributed by atoms with van der Waals surface area (Å²) in [5.41, 5.74) is 6.47. The monoisotopic (exact) mass is 373 g/mol. The second-order valence-corrected chi connectivity index (χ2v) is 7.57. The van der Waals surface area contributed by atoms with Crippen LogP contribution in [-0.2, 0) is 4.79 Å². The number of hydrogen-bond acceptors (Lipinski definition) is 4. The first-order chi connectivity index (χ1) is 13.1. The van der Waals surface area contributed by atoms with Gasteiger partial charge in [0.25, 0.3) is 5.91 Å². The maximum Gasteiger partial charge on any atom is 0.253 e. The molecule has 148 valence electrons. The van der Waals surface area contributed by atoms with Gasteiger partial charge in [-0.15, -0.1) is 0 Å². The number of ether oxygens (including phenoxy) is 1. The maximum atomic E-state index is 12.7. The maximum absolute atomic E-state index is 12.7. The average molecular weight is 373 g/mol. The molecule has 1 aliphatic heterocycles. The smallest absolute Gasteiger partial charge is 0.253 e. The van der Waals surface area contributed by atoms with E-state index in [2.05, 4.69) is 5.32 Å². The summed E-state index contributed by atoms with van der Waals surface area (Å²) in [4.78, 5) is 27.1. The predicted molar refractivity (Wildman–Crippen MR) is 105 cm³/mol. The highest BCUT2D eigenvalue weighted by Gasteiger charge is 2.33. The third-order valence-corrected chi connectivity index (χ3v) is 5.84. The Morgan fingerprint density at radius 3 is 2.48 bits per heavy atom. The van der Waals surface area contributed by atoms with Gasteiger partial charge in [-0.1, -0.05) is 6.42 Å². The van der Waals surface area contributed by atoms with Gasteiger partial charge in [0.05, 0.1) is 6.61 Å². The molecule has 3 N–H and O–H groups in total. The van der Waals surface area contributed by atoms with Crippen LogP contribution < -0.4 is 15.8 Å². The van der Waals surface area contributed by atoms with Crippen molar-refractivity contribution in [1.29, 1.82) is 0 Å². The highest BCUT2D eigenvalue weighted by molar-refractivity contribution is 5.94. The van der Waals surface area contributed by atoms with Gasteiger partial charge in [-0.25, -0.2) is 0 Å². The minimum atomic E-state index is 0.0433. The summed E-state index contributed by atoms with van der Waals surface area (Å²) in [6.07, 6.45) is 4.70. The van der Waals surface area contributed by atoms with E-state index in [1.54, 1.807) is 0 Å². The number of piperidine rings is 1. The number of nitrogens with zero attached hydrogens (tertiary/aromatic N) is 1. The molecule has 1 heterocycles. The van der Waals surface area contributed by atoms with E-state index in [0.717, 1.165) is 37.9 Å². The van der Waals surface area contributed by atoms with Crippen molar-refractivity contribution in [2.24, 2.45) is 17.6 Å². The van der Waals surface area contributed by atoms with Crippen LogP contribution in [0.4, 0.5) is 0 Å². The lowest BCUT2D eigenvalue weighted by molar-refractivity contribution is -0.126. The minimum Gasteiger partial charge on any atom is -0.494 e. The molecular formula is C21H31N3O3. The molecule has 0 spiro atoms. The van der Waals surface area contributed by atoms with Gasteiger partial charge in [0.15, 0.2) is 0 Å². The molecule has 27 heavy (non-hydrogen) atoms. The summed E-state index contributed by atoms with van der Waals surface area (Å²) in [5.74, 6) is 1.36. The van der Waals surface area contributed by atoms with Crippen LogP contribution in [0.1, 0.15) is 49.4 Å². The molecule has 0 unspecified atom stereocenters. The standard InChI is InChI=1S/C21H31N3O3/c1-2-27-18-8-6-15(7-9-18)21(26)24-12-10-17(11-13-24)23-20(25)19-5-3-4-16(19)14-22/h6-9,16-17,19H,2-5,10-14,22H2,1H3,(H,23,25)/t16-,19-/m1/s1. The third kappa shape index (κ3) is 4.80. The average Bonchev–Trinajstić information content (AvgIpc) is 3.18. The summed E-state index contributed by atoms with van der Waals surface area (Å²) in [7, 11) is 0. The first kappa shape index (κ1) is 19.7. The van der Waals surface area contributed by atoms with Crippen LogP contribution in [0.2, 0.25) is 0 Å². The second kappa shape index (κ2) is 9.22. The van der Waals surface area contributed by atoms with E-state index < -0.39 is 0 Å². The Morgan fingerprint density at radius 1 is 1.15 bits per heavy atom. The van der Waals surface area contributed by atoms with Crippen molar-refractivity contribution in [2.75, 3.05) is 26.2 Å². The number of amides is 2. The van der Waals surface area contributed by atoms with Crippen molar-refractivity contribution in [3.05, 3.63) is 29.8 Å². The fourth-order valence-electron chi connectivity index (χ4n) is 4.24. The molecule has 0 radical (unpaired) electrons. The molecule has 1 aliphatic carbocycles. The normalized spacial score (nSPS) is 23.3. The van der Waals surface area contributed by atoms with Crippen molar-refractivity contribution in [3.8, 4) is 5.75 Å². The van der Waals surface area contributed by atoms with Crippen LogP contribution >= 0.6 is 0 Å². The molecule has 2 amide bonds. The molecule has 1 saturated carbocycles. The molecule has 6 nitrogen and oxygen atoms in total. The van der Waals surface area contributed by atoms with E-state index in [9.17, 15) is 9.59 Å². The van der Waals surface area contributed by atoms with E-state index in [-0.39, 0.29) is 23.8 Å². The lowest BCUT2D eigenvalue weighted by Gasteiger charge is -2.33. The summed E-state index contributed by atoms with van der Waals surface area (Å²) in [6, 6.07) is 7.45. The third-order valence-electron chi connectivity index (χ3n) is 5.84. The Morgan fingerprint density at radius 2 is 1.85 bits per heavy atom. The summed E-state index contributed by atoms with van der Waals surface area (Å²) in [5, 5.41) is 3.20. The number of nitrogens with one attached hydrogen (secondary N) is 1. The Hall–Kier alpha value is -2.08. The molecule has 2 aliphatic rings. The van der Waals surface area contributed by atoms with Crippen LogP contribution in [0, 0.1) is 11.8 Å². The van der Waals surface area contributed by atoms with Crippen LogP contribution in [0.25, 0.3) is 0 Å². The zero-order chi connectivity index (χ0) is 19.2. The minimum absolute atomic E-state index is 0.0433. The van der Waals surface area contributed by atoms with Crippen molar-refractivity contribution < 1.29 is 14.3 Å². The van der Waals surface area contributed by atoms with Crippen LogP contribution in [0.5, 0.6) is 5.75 Å². The Balaban J connectivity index is 1.48. The molecule has 0 bridgehead atoms. The number of benzene rings is 1. The van der Waals surface area contributed by atoms with Crippen molar-refractivity contribution in [2.45, 2.75) is 45.1 Å². The van der Waals surface area contributed by atoms with Gasteiger partial charge in [0.2, 0.25) is 5.91 Å². The summed E-state index contributed by atoms with van der Waals surface area (Å²) in [6.45, 7) is 4.47. The lowest BCUT2D eigenvalue weighted by atomic mass is 9.94. The first-order valence-corrected chi connectivity index (χ1v) is 10.1. The van der Waals surface area contributed by atoms with E-state index in [0.29, 0.717) is 37.7 Å². The molecule has 1 aromatic rings. The fraction of sp³-hybridized carbons (Fsp3) is 0.619. The van der Waals surface area contributed by atoms with Crippen LogP contribution in [0.15, 0.2) is 24.3 Å². The number of hydrogen-bond donors (Lipinski definition) is 2. The van der Waals surface area contributed by atoms with E-state index >= 15 is 0 Å². The largest absolute Gasteiger partial charge is 0.494 e. The van der Waals surface area contributed by atoms with Gasteiger partial charge in [-0.3, -0.25) is 9.59 Å². The molecule has 6 heteroatoms. The van der Waals surface area contributed by atoms with Crippen molar-refractivity contribution in [3.63, 3.8) is 0 Å². The highest BCUT2D eigenvalue weighted by Crippen LogP contribution is 2.31. The van der Waals surface area contributed by atoms with Crippen molar-refractivity contribution >= 4 is 11.8 Å². The van der Waals surface area contributed by atoms with Crippen LogP contribution in [-0.4, -0.2) is 49.0 Å². The van der Waals surface area contributed by atoms with Gasteiger partial charge < -0.3 is 20.7 Å². The SMILES string of the molecule is CCOc1ccc(C(=O)N2CCC(NC(=O)[C@@H]3CCC[C@@H]3CN)CC2)cc1. The molecule has 1 aromatic carbocycles. The predicted octanol–water partition coefficient (Wildman–Crippen LogP) is 2.18. The Labute approximate surface area is 161 Å². The molecule has 2 fully saturated rings. The van der Waals surface area contributed by atoms with Gasteiger partial charge in [-0.2, -0.15) is 0 Å². The van der Waals surface area contributed by atoms with Crippen molar-refractivity contribution in [1.82, 2.24) is 10.2 Å². The lowest BCUT2D eigenvalue weighted by Crippen LogP contribution is -2.48. The van der Waals surface area contributed by atoms with Crippen LogP contribution in [0.3, 0.4) is 0 Å². The summed E-state index contributed by atoms with van der Waals surface area (Å²) >= 11 is 0. The molecule has 1 saturated heterocycles. The van der Waals surface area contributed by atoms with Gasteiger partial charge in [0.1, 0.15) is 5.75 Å². The number of likely N-dealkylation sites (tertiary alicyclic amines) is 1. The van der Waals surface area contributed by atoms with Gasteiger partial charge in [-0.05, 0) is 69.3 Å².